The van der Waals surface area contributed by atoms with Gasteiger partial charge in [-0.1, -0.05) is 13.8 Å². The summed E-state index contributed by atoms with van der Waals surface area (Å²) in [5, 5.41) is 18.2. The Balaban J connectivity index is 4.31. The van der Waals surface area contributed by atoms with Crippen molar-refractivity contribution in [2.45, 2.75) is 52.6 Å². The van der Waals surface area contributed by atoms with Crippen LogP contribution >= 0.6 is 0 Å². The second-order valence-corrected chi connectivity index (χ2v) is 3.68. The van der Waals surface area contributed by atoms with Gasteiger partial charge in [-0.2, -0.15) is 0 Å². The second-order valence-electron chi connectivity index (χ2n) is 3.68. The van der Waals surface area contributed by atoms with E-state index in [9.17, 15) is 4.79 Å². The molecule has 0 aromatic heterocycles. The van der Waals surface area contributed by atoms with Crippen LogP contribution in [0.3, 0.4) is 0 Å². The van der Waals surface area contributed by atoms with Crippen molar-refractivity contribution >= 4 is 5.97 Å². The number of carboxylic acids is 1. The van der Waals surface area contributed by atoms with Gasteiger partial charge in [0.15, 0.2) is 0 Å². The maximum absolute atomic E-state index is 11.0. The molecule has 0 aliphatic carbocycles. The Hall–Kier alpha value is -0.570. The van der Waals surface area contributed by atoms with Crippen LogP contribution < -0.4 is 0 Å². The summed E-state index contributed by atoms with van der Waals surface area (Å²) in [4.78, 5) is 11.0. The molecule has 0 aromatic rings. The first-order chi connectivity index (χ1) is 5.98. The lowest BCUT2D eigenvalue weighted by Gasteiger charge is -2.27. The van der Waals surface area contributed by atoms with E-state index in [1.54, 1.807) is 6.92 Å². The highest BCUT2D eigenvalue weighted by Gasteiger charge is 2.34. The van der Waals surface area contributed by atoms with E-state index >= 15 is 0 Å². The zero-order valence-electron chi connectivity index (χ0n) is 8.71. The molecule has 0 radical (unpaired) electrons. The molecule has 1 atom stereocenters. The molecular formula is C10H20O3. The first-order valence-electron chi connectivity index (χ1n) is 4.90. The van der Waals surface area contributed by atoms with Gasteiger partial charge in [-0.25, -0.2) is 0 Å². The first kappa shape index (κ1) is 12.4. The van der Waals surface area contributed by atoms with E-state index in [0.717, 1.165) is 0 Å². The average molecular weight is 188 g/mol. The first-order valence-corrected chi connectivity index (χ1v) is 4.90. The summed E-state index contributed by atoms with van der Waals surface area (Å²) in [5.41, 5.74) is -0.628. The van der Waals surface area contributed by atoms with Crippen molar-refractivity contribution in [2.24, 2.45) is 5.41 Å². The molecule has 0 rings (SSSR count). The fourth-order valence-electron chi connectivity index (χ4n) is 1.50. The van der Waals surface area contributed by atoms with E-state index in [0.29, 0.717) is 25.7 Å². The van der Waals surface area contributed by atoms with E-state index in [2.05, 4.69) is 0 Å². The van der Waals surface area contributed by atoms with Gasteiger partial charge in [0.25, 0.3) is 0 Å². The summed E-state index contributed by atoms with van der Waals surface area (Å²) >= 11 is 0. The molecule has 78 valence electrons. The standard InChI is InChI=1S/C10H20O3/c1-4-10(5-2,9(12)13)7-6-8(3)11/h8,11H,4-7H2,1-3H3,(H,12,13). The summed E-state index contributed by atoms with van der Waals surface area (Å²) in [6.45, 7) is 5.47. The van der Waals surface area contributed by atoms with Crippen molar-refractivity contribution < 1.29 is 15.0 Å². The van der Waals surface area contributed by atoms with Crippen molar-refractivity contribution in [3.8, 4) is 0 Å². The Labute approximate surface area is 79.8 Å². The molecule has 0 amide bonds. The highest BCUT2D eigenvalue weighted by atomic mass is 16.4. The number of aliphatic hydroxyl groups excluding tert-OH is 1. The third kappa shape index (κ3) is 3.35. The van der Waals surface area contributed by atoms with E-state index in [1.807, 2.05) is 13.8 Å². The van der Waals surface area contributed by atoms with Gasteiger partial charge in [-0.3, -0.25) is 4.79 Å². The Kier molecular flexibility index (Phi) is 4.99. The maximum atomic E-state index is 11.0. The van der Waals surface area contributed by atoms with Crippen molar-refractivity contribution in [2.75, 3.05) is 0 Å². The zero-order chi connectivity index (χ0) is 10.5. The van der Waals surface area contributed by atoms with E-state index in [-0.39, 0.29) is 0 Å². The lowest BCUT2D eigenvalue weighted by Crippen LogP contribution is -2.30. The van der Waals surface area contributed by atoms with E-state index < -0.39 is 17.5 Å². The largest absolute Gasteiger partial charge is 0.481 e. The predicted molar refractivity (Wildman–Crippen MR) is 51.6 cm³/mol. The number of aliphatic hydroxyl groups is 1. The molecule has 0 aliphatic heterocycles. The fraction of sp³-hybridized carbons (Fsp3) is 0.900. The van der Waals surface area contributed by atoms with Crippen LogP contribution in [0.15, 0.2) is 0 Å². The molecule has 0 aliphatic rings. The molecule has 3 nitrogen and oxygen atoms in total. The molecule has 3 heteroatoms. The van der Waals surface area contributed by atoms with Gasteiger partial charge < -0.3 is 10.2 Å². The van der Waals surface area contributed by atoms with Crippen molar-refractivity contribution in [3.63, 3.8) is 0 Å². The lowest BCUT2D eigenvalue weighted by atomic mass is 9.78. The Morgan fingerprint density at radius 3 is 2.08 bits per heavy atom. The second kappa shape index (κ2) is 5.22. The molecule has 13 heavy (non-hydrogen) atoms. The van der Waals surface area contributed by atoms with Gasteiger partial charge >= 0.3 is 5.97 Å². The number of carboxylic acid groups (broad SMARTS) is 1. The third-order valence-corrected chi connectivity index (χ3v) is 2.85. The molecular weight excluding hydrogens is 168 g/mol. The Bertz CT molecular complexity index is 160. The lowest BCUT2D eigenvalue weighted by molar-refractivity contribution is -0.150. The monoisotopic (exact) mass is 188 g/mol. The van der Waals surface area contributed by atoms with Crippen LogP contribution in [0, 0.1) is 5.41 Å². The zero-order valence-corrected chi connectivity index (χ0v) is 8.71. The van der Waals surface area contributed by atoms with Crippen molar-refractivity contribution in [1.82, 2.24) is 0 Å². The number of hydrogen-bond acceptors (Lipinski definition) is 2. The van der Waals surface area contributed by atoms with Crippen LogP contribution in [-0.2, 0) is 4.79 Å². The molecule has 0 spiro atoms. The van der Waals surface area contributed by atoms with Gasteiger partial charge in [0.05, 0.1) is 11.5 Å². The molecule has 0 aromatic carbocycles. The van der Waals surface area contributed by atoms with E-state index in [1.165, 1.54) is 0 Å². The summed E-state index contributed by atoms with van der Waals surface area (Å²) in [6.07, 6.45) is 1.98. The molecule has 0 saturated carbocycles. The average Bonchev–Trinajstić information content (AvgIpc) is 2.06. The number of carbonyl (C=O) groups is 1. The van der Waals surface area contributed by atoms with Crippen LogP contribution in [0.2, 0.25) is 0 Å². The number of hydrogen-bond donors (Lipinski definition) is 2. The minimum absolute atomic E-state index is 0.406. The number of aliphatic carboxylic acids is 1. The predicted octanol–water partition coefficient (Wildman–Crippen LogP) is 2.04. The van der Waals surface area contributed by atoms with Gasteiger partial charge in [0, 0.05) is 0 Å². The molecule has 2 N–H and O–H groups in total. The van der Waals surface area contributed by atoms with Gasteiger partial charge in [-0.15, -0.1) is 0 Å². The molecule has 0 heterocycles. The normalized spacial score (nSPS) is 14.2. The topological polar surface area (TPSA) is 57.5 Å². The minimum atomic E-state index is -0.738. The molecule has 0 bridgehead atoms. The SMILES string of the molecule is CCC(CC)(CCC(C)O)C(=O)O. The minimum Gasteiger partial charge on any atom is -0.481 e. The van der Waals surface area contributed by atoms with E-state index in [4.69, 9.17) is 10.2 Å². The number of rotatable bonds is 6. The summed E-state index contributed by atoms with van der Waals surface area (Å²) in [7, 11) is 0. The molecule has 0 fully saturated rings. The summed E-state index contributed by atoms with van der Waals surface area (Å²) < 4.78 is 0. The van der Waals surface area contributed by atoms with Crippen LogP contribution in [0.5, 0.6) is 0 Å². The van der Waals surface area contributed by atoms with Gasteiger partial charge in [-0.05, 0) is 32.6 Å². The third-order valence-electron chi connectivity index (χ3n) is 2.85. The molecule has 1 unspecified atom stereocenters. The Morgan fingerprint density at radius 1 is 1.38 bits per heavy atom. The highest BCUT2D eigenvalue weighted by Crippen LogP contribution is 2.32. The quantitative estimate of drug-likeness (QED) is 0.670. The summed E-state index contributed by atoms with van der Waals surface area (Å²) in [6, 6.07) is 0. The Morgan fingerprint density at radius 2 is 1.85 bits per heavy atom. The van der Waals surface area contributed by atoms with Gasteiger partial charge in [0.2, 0.25) is 0 Å². The van der Waals surface area contributed by atoms with Crippen LogP contribution in [0.25, 0.3) is 0 Å². The summed E-state index contributed by atoms with van der Waals surface area (Å²) in [5.74, 6) is -0.738. The van der Waals surface area contributed by atoms with Gasteiger partial charge in [0.1, 0.15) is 0 Å². The van der Waals surface area contributed by atoms with Crippen LogP contribution in [-0.4, -0.2) is 22.3 Å². The molecule has 0 saturated heterocycles. The van der Waals surface area contributed by atoms with Crippen molar-refractivity contribution in [1.29, 1.82) is 0 Å². The maximum Gasteiger partial charge on any atom is 0.309 e. The van der Waals surface area contributed by atoms with Crippen molar-refractivity contribution in [3.05, 3.63) is 0 Å². The smallest absolute Gasteiger partial charge is 0.309 e. The van der Waals surface area contributed by atoms with Crippen LogP contribution in [0.1, 0.15) is 46.5 Å². The fourth-order valence-corrected chi connectivity index (χ4v) is 1.50. The van der Waals surface area contributed by atoms with Crippen LogP contribution in [0.4, 0.5) is 0 Å². The highest BCUT2D eigenvalue weighted by molar-refractivity contribution is 5.74.